The molecule has 2 aromatic carbocycles. The van der Waals surface area contributed by atoms with Crippen molar-refractivity contribution < 1.29 is 9.53 Å². The summed E-state index contributed by atoms with van der Waals surface area (Å²) in [7, 11) is 0. The number of hydrogen-bond donors (Lipinski definition) is 0. The Morgan fingerprint density at radius 2 is 1.84 bits per heavy atom. The zero-order valence-corrected chi connectivity index (χ0v) is 14.1. The van der Waals surface area contributed by atoms with E-state index in [1.54, 1.807) is 6.07 Å². The van der Waals surface area contributed by atoms with Crippen LogP contribution in [-0.2, 0) is 0 Å². The molecular weight excluding hydrogens is 312 g/mol. The van der Waals surface area contributed by atoms with E-state index >= 15 is 0 Å². The van der Waals surface area contributed by atoms with Crippen LogP contribution in [0.5, 0.6) is 5.75 Å². The number of aromatic nitrogens is 2. The van der Waals surface area contributed by atoms with Crippen LogP contribution >= 0.6 is 0 Å². The Bertz CT molecular complexity index is 1080. The highest BCUT2D eigenvalue weighted by Crippen LogP contribution is 2.31. The third kappa shape index (κ3) is 2.66. The number of fused-ring (bicyclic) bond motifs is 3. The molecule has 4 heteroatoms. The maximum Gasteiger partial charge on any atom is 0.150 e. The van der Waals surface area contributed by atoms with Gasteiger partial charge in [-0.2, -0.15) is 0 Å². The molecule has 4 aromatic rings. The van der Waals surface area contributed by atoms with E-state index in [9.17, 15) is 4.79 Å². The van der Waals surface area contributed by atoms with E-state index in [4.69, 9.17) is 9.72 Å². The number of benzene rings is 2. The summed E-state index contributed by atoms with van der Waals surface area (Å²) in [5, 5.41) is 1.04. The molecule has 0 saturated carbocycles. The molecule has 0 spiro atoms. The summed E-state index contributed by atoms with van der Waals surface area (Å²) in [4.78, 5) is 16.1. The summed E-state index contributed by atoms with van der Waals surface area (Å²) in [5.74, 6) is 0.818. The van der Waals surface area contributed by atoms with Crippen LogP contribution in [0.1, 0.15) is 24.2 Å². The Labute approximate surface area is 145 Å². The van der Waals surface area contributed by atoms with E-state index in [1.165, 1.54) is 0 Å². The van der Waals surface area contributed by atoms with Gasteiger partial charge in [-0.25, -0.2) is 4.98 Å². The number of hydrogen-bond acceptors (Lipinski definition) is 3. The summed E-state index contributed by atoms with van der Waals surface area (Å²) in [6.45, 7) is 4.02. The van der Waals surface area contributed by atoms with Crippen molar-refractivity contribution in [2.24, 2.45) is 0 Å². The van der Waals surface area contributed by atoms with Crippen LogP contribution in [0.4, 0.5) is 0 Å². The number of carbonyl (C=O) groups excluding carboxylic acids is 1. The number of imidazole rings is 1. The first-order chi connectivity index (χ1) is 12.2. The number of carbonyl (C=O) groups is 1. The smallest absolute Gasteiger partial charge is 0.150 e. The first-order valence-electron chi connectivity index (χ1n) is 8.29. The molecule has 124 valence electrons. The monoisotopic (exact) mass is 330 g/mol. The van der Waals surface area contributed by atoms with Gasteiger partial charge >= 0.3 is 0 Å². The van der Waals surface area contributed by atoms with Gasteiger partial charge in [-0.05, 0) is 26.0 Å². The van der Waals surface area contributed by atoms with Gasteiger partial charge in [0, 0.05) is 28.8 Å². The molecule has 0 saturated heterocycles. The van der Waals surface area contributed by atoms with Crippen molar-refractivity contribution in [3.05, 3.63) is 66.4 Å². The third-order valence-electron chi connectivity index (χ3n) is 4.15. The van der Waals surface area contributed by atoms with Crippen molar-refractivity contribution in [3.63, 3.8) is 0 Å². The SMILES string of the molecule is CC(C)Oc1cc2nc(-c3ccccc3C=O)cn2c2ccccc12. The predicted octanol–water partition coefficient (Wildman–Crippen LogP) is 4.75. The molecule has 2 aromatic heterocycles. The largest absolute Gasteiger partial charge is 0.490 e. The first-order valence-corrected chi connectivity index (χ1v) is 8.29. The number of nitrogens with zero attached hydrogens (tertiary/aromatic N) is 2. The Morgan fingerprint density at radius 3 is 2.64 bits per heavy atom. The Morgan fingerprint density at radius 1 is 1.08 bits per heavy atom. The minimum Gasteiger partial charge on any atom is -0.490 e. The van der Waals surface area contributed by atoms with Crippen molar-refractivity contribution in [1.29, 1.82) is 0 Å². The average molecular weight is 330 g/mol. The number of pyridine rings is 1. The second-order valence-electron chi connectivity index (χ2n) is 6.25. The van der Waals surface area contributed by atoms with Crippen molar-refractivity contribution in [2.75, 3.05) is 0 Å². The molecule has 0 fully saturated rings. The number of aldehydes is 1. The summed E-state index contributed by atoms with van der Waals surface area (Å²) >= 11 is 0. The van der Waals surface area contributed by atoms with E-state index in [-0.39, 0.29) is 6.10 Å². The highest BCUT2D eigenvalue weighted by atomic mass is 16.5. The molecule has 25 heavy (non-hydrogen) atoms. The number of ether oxygens (including phenoxy) is 1. The fraction of sp³-hybridized carbons (Fsp3) is 0.143. The normalized spacial score (nSPS) is 11.3. The lowest BCUT2D eigenvalue weighted by Crippen LogP contribution is -2.06. The molecule has 0 unspecified atom stereocenters. The Hall–Kier alpha value is -3.14. The molecular formula is C21H18N2O2. The summed E-state index contributed by atoms with van der Waals surface area (Å²) in [6.07, 6.45) is 2.92. The fourth-order valence-electron chi connectivity index (χ4n) is 3.09. The molecule has 4 nitrogen and oxygen atoms in total. The molecule has 0 N–H and O–H groups in total. The van der Waals surface area contributed by atoms with Crippen LogP contribution in [0.2, 0.25) is 0 Å². The van der Waals surface area contributed by atoms with Crippen molar-refractivity contribution in [1.82, 2.24) is 9.38 Å². The van der Waals surface area contributed by atoms with Gasteiger partial charge in [-0.3, -0.25) is 9.20 Å². The Kier molecular flexibility index (Phi) is 3.73. The lowest BCUT2D eigenvalue weighted by Gasteiger charge is -2.13. The fourth-order valence-corrected chi connectivity index (χ4v) is 3.09. The highest BCUT2D eigenvalue weighted by molar-refractivity contribution is 5.91. The molecule has 0 bridgehead atoms. The van der Waals surface area contributed by atoms with E-state index in [0.29, 0.717) is 5.56 Å². The molecule has 0 aliphatic heterocycles. The minimum atomic E-state index is 0.0797. The van der Waals surface area contributed by atoms with E-state index in [0.717, 1.165) is 39.8 Å². The zero-order chi connectivity index (χ0) is 17.4. The quantitative estimate of drug-likeness (QED) is 0.507. The van der Waals surface area contributed by atoms with Gasteiger partial charge in [0.2, 0.25) is 0 Å². The maximum absolute atomic E-state index is 11.3. The Balaban J connectivity index is 2.00. The molecule has 0 aliphatic rings. The standard InChI is InChI=1S/C21H18N2O2/c1-14(2)25-20-11-21-22-18(16-8-4-3-7-15(16)13-24)12-23(21)19-10-6-5-9-17(19)20/h3-14H,1-2H3. The molecule has 0 aliphatic carbocycles. The van der Waals surface area contributed by atoms with Gasteiger partial charge in [-0.1, -0.05) is 36.4 Å². The van der Waals surface area contributed by atoms with E-state index in [1.807, 2.05) is 73.0 Å². The van der Waals surface area contributed by atoms with Gasteiger partial charge < -0.3 is 4.74 Å². The van der Waals surface area contributed by atoms with Gasteiger partial charge in [0.15, 0.2) is 6.29 Å². The second kappa shape index (κ2) is 6.06. The first kappa shape index (κ1) is 15.4. The summed E-state index contributed by atoms with van der Waals surface area (Å²) < 4.78 is 8.03. The lowest BCUT2D eigenvalue weighted by molar-refractivity contribution is 0.112. The number of rotatable bonds is 4. The van der Waals surface area contributed by atoms with Crippen LogP contribution in [0.15, 0.2) is 60.8 Å². The van der Waals surface area contributed by atoms with Crippen LogP contribution in [-0.4, -0.2) is 21.8 Å². The number of para-hydroxylation sites is 1. The van der Waals surface area contributed by atoms with Crippen molar-refractivity contribution in [3.8, 4) is 17.0 Å². The van der Waals surface area contributed by atoms with Gasteiger partial charge in [0.1, 0.15) is 11.4 Å². The van der Waals surface area contributed by atoms with Gasteiger partial charge in [0.25, 0.3) is 0 Å². The molecule has 4 rings (SSSR count). The molecule has 0 amide bonds. The van der Waals surface area contributed by atoms with Crippen molar-refractivity contribution in [2.45, 2.75) is 20.0 Å². The second-order valence-corrected chi connectivity index (χ2v) is 6.25. The lowest BCUT2D eigenvalue weighted by atomic mass is 10.1. The topological polar surface area (TPSA) is 43.6 Å². The predicted molar refractivity (Wildman–Crippen MR) is 99.3 cm³/mol. The summed E-state index contributed by atoms with van der Waals surface area (Å²) in [5.41, 5.74) is 4.06. The van der Waals surface area contributed by atoms with Crippen LogP contribution in [0.25, 0.3) is 27.8 Å². The highest BCUT2D eigenvalue weighted by Gasteiger charge is 2.13. The van der Waals surface area contributed by atoms with E-state index in [2.05, 4.69) is 0 Å². The zero-order valence-electron chi connectivity index (χ0n) is 14.1. The van der Waals surface area contributed by atoms with Gasteiger partial charge in [-0.15, -0.1) is 0 Å². The van der Waals surface area contributed by atoms with Crippen molar-refractivity contribution >= 4 is 22.8 Å². The van der Waals surface area contributed by atoms with E-state index < -0.39 is 0 Å². The van der Waals surface area contributed by atoms with Crippen LogP contribution < -0.4 is 4.74 Å². The molecule has 2 heterocycles. The van der Waals surface area contributed by atoms with Gasteiger partial charge in [0.05, 0.1) is 17.3 Å². The molecule has 0 radical (unpaired) electrons. The maximum atomic E-state index is 11.3. The minimum absolute atomic E-state index is 0.0797. The molecule has 0 atom stereocenters. The summed E-state index contributed by atoms with van der Waals surface area (Å²) in [6, 6.07) is 17.5. The van der Waals surface area contributed by atoms with Crippen LogP contribution in [0, 0.1) is 0 Å². The average Bonchev–Trinajstić information content (AvgIpc) is 3.05. The third-order valence-corrected chi connectivity index (χ3v) is 4.15. The van der Waals surface area contributed by atoms with Crippen LogP contribution in [0.3, 0.4) is 0 Å².